The Bertz CT molecular complexity index is 1050. The number of piperidine rings is 1. The monoisotopic (exact) mass is 487 g/mol. The lowest BCUT2D eigenvalue weighted by atomic mass is 9.94. The molecule has 3 amide bonds. The highest BCUT2D eigenvalue weighted by Gasteiger charge is 2.33. The van der Waals surface area contributed by atoms with Crippen LogP contribution in [0.25, 0.3) is 0 Å². The van der Waals surface area contributed by atoms with E-state index in [-0.39, 0.29) is 35.2 Å². The molecule has 0 bridgehead atoms. The molecule has 9 heteroatoms. The van der Waals surface area contributed by atoms with Crippen molar-refractivity contribution in [1.29, 1.82) is 0 Å². The van der Waals surface area contributed by atoms with Gasteiger partial charge in [0.25, 0.3) is 5.91 Å². The van der Waals surface area contributed by atoms with Gasteiger partial charge in [-0.05, 0) is 55.5 Å². The molecule has 0 aromatic heterocycles. The summed E-state index contributed by atoms with van der Waals surface area (Å²) >= 11 is 0. The lowest BCUT2D eigenvalue weighted by molar-refractivity contribution is -0.137. The summed E-state index contributed by atoms with van der Waals surface area (Å²) in [6, 6.07) is 13.1. The van der Waals surface area contributed by atoms with Gasteiger partial charge in [-0.15, -0.1) is 0 Å². The molecule has 1 saturated carbocycles. The lowest BCUT2D eigenvalue weighted by Gasteiger charge is -2.32. The molecule has 6 nitrogen and oxygen atoms in total. The second-order valence-corrected chi connectivity index (χ2v) is 9.18. The van der Waals surface area contributed by atoms with E-state index in [1.165, 1.54) is 12.1 Å². The standard InChI is InChI=1S/C26H28F3N3O3/c27-26(28,29)20-8-6-19(7-9-20)25(35)32-14-12-18(13-15-32)23(33)31-22(24(34)30-21-10-11-21)16-17-4-2-1-3-5-17/h1-9,18,21-22H,10-16H2,(H,30,34)(H,31,33). The Morgan fingerprint density at radius 2 is 1.54 bits per heavy atom. The fourth-order valence-electron chi connectivity index (χ4n) is 4.21. The largest absolute Gasteiger partial charge is 0.416 e. The van der Waals surface area contributed by atoms with Crippen LogP contribution in [0, 0.1) is 5.92 Å². The van der Waals surface area contributed by atoms with Crippen molar-refractivity contribution in [3.8, 4) is 0 Å². The van der Waals surface area contributed by atoms with Gasteiger partial charge in [0.15, 0.2) is 0 Å². The fraction of sp³-hybridized carbons (Fsp3) is 0.423. The Morgan fingerprint density at radius 3 is 2.11 bits per heavy atom. The summed E-state index contributed by atoms with van der Waals surface area (Å²) in [5.74, 6) is -1.12. The molecule has 186 valence electrons. The predicted molar refractivity (Wildman–Crippen MR) is 123 cm³/mol. The second-order valence-electron chi connectivity index (χ2n) is 9.18. The Labute approximate surface area is 201 Å². The van der Waals surface area contributed by atoms with E-state index in [4.69, 9.17) is 0 Å². The van der Waals surface area contributed by atoms with Crippen LogP contribution in [0.5, 0.6) is 0 Å². The van der Waals surface area contributed by atoms with Crippen LogP contribution in [0.4, 0.5) is 13.2 Å². The average Bonchev–Trinajstić information content (AvgIpc) is 3.67. The molecule has 35 heavy (non-hydrogen) atoms. The van der Waals surface area contributed by atoms with Crippen LogP contribution in [0.3, 0.4) is 0 Å². The number of nitrogens with zero attached hydrogens (tertiary/aromatic N) is 1. The van der Waals surface area contributed by atoms with Crippen molar-refractivity contribution in [2.24, 2.45) is 5.92 Å². The molecule has 2 fully saturated rings. The molecule has 1 aliphatic heterocycles. The third-order valence-corrected chi connectivity index (χ3v) is 6.45. The molecule has 2 aromatic rings. The number of halogens is 3. The van der Waals surface area contributed by atoms with Crippen LogP contribution in [-0.4, -0.2) is 47.8 Å². The normalized spacial score (nSPS) is 17.5. The predicted octanol–water partition coefficient (Wildman–Crippen LogP) is 3.56. The van der Waals surface area contributed by atoms with Gasteiger partial charge in [0, 0.05) is 37.0 Å². The molecule has 1 heterocycles. The Balaban J connectivity index is 1.32. The van der Waals surface area contributed by atoms with Crippen LogP contribution in [0.2, 0.25) is 0 Å². The maximum atomic E-state index is 13.0. The SMILES string of the molecule is O=C(NC(Cc1ccccc1)C(=O)NC1CC1)C1CCN(C(=O)c2ccc(C(F)(F)F)cc2)CC1. The minimum Gasteiger partial charge on any atom is -0.352 e. The minimum atomic E-state index is -4.46. The van der Waals surface area contributed by atoms with Gasteiger partial charge in [0.1, 0.15) is 6.04 Å². The van der Waals surface area contributed by atoms with Gasteiger partial charge >= 0.3 is 6.18 Å². The summed E-state index contributed by atoms with van der Waals surface area (Å²) in [6.07, 6.45) is -1.34. The van der Waals surface area contributed by atoms with E-state index < -0.39 is 17.8 Å². The smallest absolute Gasteiger partial charge is 0.352 e. The molecule has 1 saturated heterocycles. The summed E-state index contributed by atoms with van der Waals surface area (Å²) in [4.78, 5) is 40.0. The third-order valence-electron chi connectivity index (χ3n) is 6.45. The van der Waals surface area contributed by atoms with E-state index >= 15 is 0 Å². The number of carbonyl (C=O) groups excluding carboxylic acids is 3. The zero-order chi connectivity index (χ0) is 25.0. The molecule has 4 rings (SSSR count). The number of amides is 3. The lowest BCUT2D eigenvalue weighted by Crippen LogP contribution is -2.51. The third kappa shape index (κ3) is 6.61. The van der Waals surface area contributed by atoms with Crippen LogP contribution in [0.1, 0.15) is 47.2 Å². The number of alkyl halides is 3. The molecule has 2 aliphatic rings. The molecule has 2 aromatic carbocycles. The summed E-state index contributed by atoms with van der Waals surface area (Å²) in [6.45, 7) is 0.630. The highest BCUT2D eigenvalue weighted by Crippen LogP contribution is 2.29. The van der Waals surface area contributed by atoms with E-state index in [1.807, 2.05) is 30.3 Å². The Morgan fingerprint density at radius 1 is 0.914 bits per heavy atom. The van der Waals surface area contributed by atoms with Crippen molar-refractivity contribution >= 4 is 17.7 Å². The van der Waals surface area contributed by atoms with Gasteiger partial charge in [0.2, 0.25) is 11.8 Å². The summed E-state index contributed by atoms with van der Waals surface area (Å²) in [5.41, 5.74) is 0.321. The number of nitrogens with one attached hydrogen (secondary N) is 2. The van der Waals surface area contributed by atoms with Crippen molar-refractivity contribution in [2.75, 3.05) is 13.1 Å². The molecule has 1 aliphatic carbocycles. The summed E-state index contributed by atoms with van der Waals surface area (Å²) in [5, 5.41) is 5.86. The number of hydrogen-bond acceptors (Lipinski definition) is 3. The van der Waals surface area contributed by atoms with Gasteiger partial charge in [-0.25, -0.2) is 0 Å². The van der Waals surface area contributed by atoms with Crippen LogP contribution >= 0.6 is 0 Å². The minimum absolute atomic E-state index is 0.178. The van der Waals surface area contributed by atoms with Crippen molar-refractivity contribution < 1.29 is 27.6 Å². The summed E-state index contributed by atoms with van der Waals surface area (Å²) in [7, 11) is 0. The molecule has 1 unspecified atom stereocenters. The first-order valence-corrected chi connectivity index (χ1v) is 11.8. The van der Waals surface area contributed by atoms with Crippen molar-refractivity contribution in [2.45, 2.75) is 50.4 Å². The first-order chi connectivity index (χ1) is 16.7. The number of hydrogen-bond donors (Lipinski definition) is 2. The first-order valence-electron chi connectivity index (χ1n) is 11.8. The average molecular weight is 488 g/mol. The number of benzene rings is 2. The maximum absolute atomic E-state index is 13.0. The zero-order valence-electron chi connectivity index (χ0n) is 19.2. The van der Waals surface area contributed by atoms with Crippen molar-refractivity contribution in [3.05, 3.63) is 71.3 Å². The van der Waals surface area contributed by atoms with Crippen LogP contribution in [0.15, 0.2) is 54.6 Å². The van der Waals surface area contributed by atoms with Gasteiger partial charge in [-0.2, -0.15) is 13.2 Å². The van der Waals surface area contributed by atoms with Crippen molar-refractivity contribution in [3.63, 3.8) is 0 Å². The van der Waals surface area contributed by atoms with Gasteiger partial charge < -0.3 is 15.5 Å². The molecule has 0 spiro atoms. The van der Waals surface area contributed by atoms with Gasteiger partial charge in [-0.3, -0.25) is 14.4 Å². The highest BCUT2D eigenvalue weighted by molar-refractivity contribution is 5.94. The Hall–Kier alpha value is -3.36. The first kappa shape index (κ1) is 24.8. The Kier molecular flexibility index (Phi) is 7.42. The zero-order valence-corrected chi connectivity index (χ0v) is 19.2. The number of carbonyl (C=O) groups is 3. The highest BCUT2D eigenvalue weighted by atomic mass is 19.4. The van der Waals surface area contributed by atoms with Gasteiger partial charge in [-0.1, -0.05) is 30.3 Å². The number of rotatable bonds is 7. The van der Waals surface area contributed by atoms with Gasteiger partial charge in [0.05, 0.1) is 5.56 Å². The van der Waals surface area contributed by atoms with E-state index in [0.29, 0.717) is 32.4 Å². The number of likely N-dealkylation sites (tertiary alicyclic amines) is 1. The molecule has 0 radical (unpaired) electrons. The maximum Gasteiger partial charge on any atom is 0.416 e. The van der Waals surface area contributed by atoms with E-state index in [1.54, 1.807) is 4.90 Å². The molecular formula is C26H28F3N3O3. The molecule has 2 N–H and O–H groups in total. The second kappa shape index (κ2) is 10.5. The van der Waals surface area contributed by atoms with Crippen LogP contribution < -0.4 is 10.6 Å². The fourth-order valence-corrected chi connectivity index (χ4v) is 4.21. The van der Waals surface area contributed by atoms with E-state index in [9.17, 15) is 27.6 Å². The quantitative estimate of drug-likeness (QED) is 0.627. The van der Waals surface area contributed by atoms with Crippen LogP contribution in [-0.2, 0) is 22.2 Å². The summed E-state index contributed by atoms with van der Waals surface area (Å²) < 4.78 is 38.3. The topological polar surface area (TPSA) is 78.5 Å². The van der Waals surface area contributed by atoms with E-state index in [0.717, 1.165) is 30.5 Å². The van der Waals surface area contributed by atoms with E-state index in [2.05, 4.69) is 10.6 Å². The molecular weight excluding hydrogens is 459 g/mol. The molecule has 1 atom stereocenters. The van der Waals surface area contributed by atoms with Crippen molar-refractivity contribution in [1.82, 2.24) is 15.5 Å².